The fraction of sp³-hybridized carbons (Fsp3) is 0.273. The van der Waals surface area contributed by atoms with Gasteiger partial charge in [-0.05, 0) is 25.2 Å². The third kappa shape index (κ3) is 3.25. The highest BCUT2D eigenvalue weighted by molar-refractivity contribution is 7.89. The molecule has 0 amide bonds. The number of nitrogens with one attached hydrogen (secondary N) is 2. The van der Waals surface area contributed by atoms with Crippen molar-refractivity contribution < 1.29 is 22.7 Å². The van der Waals surface area contributed by atoms with Crippen LogP contribution in [0.2, 0.25) is 0 Å². The fourth-order valence-corrected chi connectivity index (χ4v) is 2.10. The van der Waals surface area contributed by atoms with E-state index in [0.29, 0.717) is 11.1 Å². The largest absolute Gasteiger partial charge is 0.478 e. The van der Waals surface area contributed by atoms with Crippen molar-refractivity contribution in [3.8, 4) is 0 Å². The number of oxazole rings is 1. The van der Waals surface area contributed by atoms with Crippen molar-refractivity contribution in [1.82, 2.24) is 9.71 Å². The number of aromatic carboxylic acids is 1. The van der Waals surface area contributed by atoms with E-state index >= 15 is 0 Å². The van der Waals surface area contributed by atoms with Gasteiger partial charge in [-0.1, -0.05) is 0 Å². The molecule has 0 bridgehead atoms. The molecule has 0 fully saturated rings. The van der Waals surface area contributed by atoms with Gasteiger partial charge in [-0.3, -0.25) is 0 Å². The van der Waals surface area contributed by atoms with Crippen LogP contribution in [-0.4, -0.2) is 43.8 Å². The van der Waals surface area contributed by atoms with E-state index in [1.807, 2.05) is 0 Å². The molecular formula is C11H13N3O5S. The molecular weight excluding hydrogens is 286 g/mol. The predicted octanol–water partition coefficient (Wildman–Crippen LogP) is 0.487. The third-order valence-corrected chi connectivity index (χ3v) is 3.96. The lowest BCUT2D eigenvalue weighted by atomic mass is 10.2. The molecule has 0 aliphatic carbocycles. The summed E-state index contributed by atoms with van der Waals surface area (Å²) in [7, 11) is -1.96. The summed E-state index contributed by atoms with van der Waals surface area (Å²) in [5.41, 5.74) is 0.913. The molecule has 1 heterocycles. The van der Waals surface area contributed by atoms with Crippen molar-refractivity contribution in [3.63, 3.8) is 0 Å². The predicted molar refractivity (Wildman–Crippen MR) is 72.3 cm³/mol. The summed E-state index contributed by atoms with van der Waals surface area (Å²) in [6.45, 7) is 0.127. The molecule has 1 aromatic carbocycles. The maximum absolute atomic E-state index is 11.2. The van der Waals surface area contributed by atoms with Gasteiger partial charge in [0, 0.05) is 6.54 Å². The maximum atomic E-state index is 11.2. The smallest absolute Gasteiger partial charge is 0.335 e. The Labute approximate surface area is 114 Å². The summed E-state index contributed by atoms with van der Waals surface area (Å²) in [6.07, 6.45) is 0. The zero-order chi connectivity index (χ0) is 14.8. The second-order valence-electron chi connectivity index (χ2n) is 3.96. The van der Waals surface area contributed by atoms with Crippen molar-refractivity contribution in [3.05, 3.63) is 23.8 Å². The second kappa shape index (κ2) is 5.47. The van der Waals surface area contributed by atoms with Crippen LogP contribution in [0.25, 0.3) is 11.1 Å². The van der Waals surface area contributed by atoms with Crippen LogP contribution in [0.4, 0.5) is 6.01 Å². The number of anilines is 1. The molecule has 0 aliphatic heterocycles. The highest BCUT2D eigenvalue weighted by Gasteiger charge is 2.11. The van der Waals surface area contributed by atoms with Gasteiger partial charge in [0.2, 0.25) is 10.0 Å². The van der Waals surface area contributed by atoms with Gasteiger partial charge in [0.05, 0.1) is 11.3 Å². The first-order valence-electron chi connectivity index (χ1n) is 5.70. The summed E-state index contributed by atoms with van der Waals surface area (Å²) in [5, 5.41) is 11.6. The van der Waals surface area contributed by atoms with Gasteiger partial charge in [-0.15, -0.1) is 0 Å². The summed E-state index contributed by atoms with van der Waals surface area (Å²) >= 11 is 0. The molecule has 0 saturated heterocycles. The molecule has 2 aromatic rings. The second-order valence-corrected chi connectivity index (χ2v) is 6.00. The van der Waals surface area contributed by atoms with Crippen LogP contribution in [0.15, 0.2) is 22.6 Å². The number of sulfonamides is 1. The first-order chi connectivity index (χ1) is 9.41. The Balaban J connectivity index is 2.10. The van der Waals surface area contributed by atoms with Crippen LogP contribution in [0.3, 0.4) is 0 Å². The van der Waals surface area contributed by atoms with Crippen LogP contribution < -0.4 is 10.0 Å². The lowest BCUT2D eigenvalue weighted by molar-refractivity contribution is 0.0697. The first kappa shape index (κ1) is 14.3. The van der Waals surface area contributed by atoms with Crippen molar-refractivity contribution in [2.45, 2.75) is 0 Å². The lowest BCUT2D eigenvalue weighted by Crippen LogP contribution is -2.26. The Hall–Kier alpha value is -2.13. The van der Waals surface area contributed by atoms with Crippen molar-refractivity contribution >= 4 is 33.1 Å². The number of rotatable bonds is 6. The van der Waals surface area contributed by atoms with E-state index < -0.39 is 16.0 Å². The molecule has 0 unspecified atom stereocenters. The number of hydrogen-bond acceptors (Lipinski definition) is 6. The fourth-order valence-electron chi connectivity index (χ4n) is 1.53. The van der Waals surface area contributed by atoms with E-state index in [0.717, 1.165) is 0 Å². The van der Waals surface area contributed by atoms with Gasteiger partial charge in [-0.2, -0.15) is 4.98 Å². The molecule has 2 rings (SSSR count). The minimum Gasteiger partial charge on any atom is -0.478 e. The van der Waals surface area contributed by atoms with E-state index in [1.165, 1.54) is 25.2 Å². The van der Waals surface area contributed by atoms with Gasteiger partial charge >= 0.3 is 5.97 Å². The number of carboxylic acids is 1. The van der Waals surface area contributed by atoms with E-state index in [1.54, 1.807) is 0 Å². The molecule has 20 heavy (non-hydrogen) atoms. The SMILES string of the molecule is CNS(=O)(=O)CCNc1nc2ccc(C(=O)O)cc2o1. The van der Waals surface area contributed by atoms with Gasteiger partial charge in [0.1, 0.15) is 5.52 Å². The Morgan fingerprint density at radius 2 is 2.20 bits per heavy atom. The van der Waals surface area contributed by atoms with Crippen LogP contribution in [0.5, 0.6) is 0 Å². The molecule has 8 nitrogen and oxygen atoms in total. The summed E-state index contributed by atoms with van der Waals surface area (Å²) in [4.78, 5) is 14.9. The molecule has 1 aromatic heterocycles. The average molecular weight is 299 g/mol. The van der Waals surface area contributed by atoms with Crippen LogP contribution in [0.1, 0.15) is 10.4 Å². The van der Waals surface area contributed by atoms with Gasteiger partial charge < -0.3 is 14.8 Å². The summed E-state index contributed by atoms with van der Waals surface area (Å²) < 4.78 is 29.9. The number of carboxylic acid groups (broad SMARTS) is 1. The Morgan fingerprint density at radius 3 is 2.85 bits per heavy atom. The Kier molecular flexibility index (Phi) is 3.91. The number of nitrogens with zero attached hydrogens (tertiary/aromatic N) is 1. The van der Waals surface area contributed by atoms with Crippen LogP contribution >= 0.6 is 0 Å². The van der Waals surface area contributed by atoms with Crippen molar-refractivity contribution in [2.75, 3.05) is 24.7 Å². The van der Waals surface area contributed by atoms with E-state index in [9.17, 15) is 13.2 Å². The maximum Gasteiger partial charge on any atom is 0.335 e. The van der Waals surface area contributed by atoms with Crippen LogP contribution in [0, 0.1) is 0 Å². The summed E-state index contributed by atoms with van der Waals surface area (Å²) in [5.74, 6) is -1.18. The van der Waals surface area contributed by atoms with Crippen molar-refractivity contribution in [2.24, 2.45) is 0 Å². The monoisotopic (exact) mass is 299 g/mol. The van der Waals surface area contributed by atoms with Crippen molar-refractivity contribution in [1.29, 1.82) is 0 Å². The molecule has 0 saturated carbocycles. The minimum atomic E-state index is -3.30. The number of benzene rings is 1. The van der Waals surface area contributed by atoms with E-state index in [-0.39, 0.29) is 23.9 Å². The molecule has 0 spiro atoms. The van der Waals surface area contributed by atoms with Gasteiger partial charge in [0.15, 0.2) is 5.58 Å². The van der Waals surface area contributed by atoms with E-state index in [2.05, 4.69) is 15.0 Å². The molecule has 0 aliphatic rings. The Morgan fingerprint density at radius 1 is 1.45 bits per heavy atom. The number of carbonyl (C=O) groups is 1. The molecule has 9 heteroatoms. The number of fused-ring (bicyclic) bond motifs is 1. The topological polar surface area (TPSA) is 122 Å². The van der Waals surface area contributed by atoms with Gasteiger partial charge in [-0.25, -0.2) is 17.9 Å². The van der Waals surface area contributed by atoms with Crippen LogP contribution in [-0.2, 0) is 10.0 Å². The molecule has 3 N–H and O–H groups in total. The molecule has 108 valence electrons. The average Bonchev–Trinajstić information content (AvgIpc) is 2.79. The lowest BCUT2D eigenvalue weighted by Gasteiger charge is -2.02. The van der Waals surface area contributed by atoms with E-state index in [4.69, 9.17) is 9.52 Å². The zero-order valence-electron chi connectivity index (χ0n) is 10.6. The highest BCUT2D eigenvalue weighted by atomic mass is 32.2. The summed E-state index contributed by atoms with van der Waals surface area (Å²) in [6, 6.07) is 4.45. The normalized spacial score (nSPS) is 11.7. The van der Waals surface area contributed by atoms with Gasteiger partial charge in [0.25, 0.3) is 6.01 Å². The first-order valence-corrected chi connectivity index (χ1v) is 7.35. The number of hydrogen-bond donors (Lipinski definition) is 3. The molecule has 0 atom stereocenters. The Bertz CT molecular complexity index is 738. The molecule has 0 radical (unpaired) electrons. The third-order valence-electron chi connectivity index (χ3n) is 2.59. The minimum absolute atomic E-state index is 0.0953. The number of aromatic nitrogens is 1. The highest BCUT2D eigenvalue weighted by Crippen LogP contribution is 2.20. The standard InChI is InChI=1S/C11H13N3O5S/c1-12-20(17,18)5-4-13-11-14-8-3-2-7(10(15)16)6-9(8)19-11/h2-3,6,12H,4-5H2,1H3,(H,13,14)(H,15,16). The zero-order valence-corrected chi connectivity index (χ0v) is 11.4. The quantitative estimate of drug-likeness (QED) is 0.709.